The van der Waals surface area contributed by atoms with Gasteiger partial charge in [-0.25, -0.2) is 4.79 Å². The molecule has 0 aromatic heterocycles. The number of nitro groups is 1. The van der Waals surface area contributed by atoms with Crippen LogP contribution in [0.3, 0.4) is 0 Å². The summed E-state index contributed by atoms with van der Waals surface area (Å²) in [6, 6.07) is 12.7. The minimum absolute atomic E-state index is 0.00276. The Morgan fingerprint density at radius 3 is 2.56 bits per heavy atom. The van der Waals surface area contributed by atoms with Gasteiger partial charge >= 0.3 is 5.97 Å². The van der Waals surface area contributed by atoms with Crippen molar-refractivity contribution in [2.75, 3.05) is 11.5 Å². The van der Waals surface area contributed by atoms with Crippen LogP contribution in [-0.2, 0) is 16.0 Å². The first-order valence-corrected chi connectivity index (χ1v) is 7.79. The lowest BCUT2D eigenvalue weighted by molar-refractivity contribution is -0.384. The third-order valence-electron chi connectivity index (χ3n) is 4.12. The van der Waals surface area contributed by atoms with Crippen molar-refractivity contribution in [3.05, 3.63) is 69.8 Å². The quantitative estimate of drug-likeness (QED) is 0.485. The zero-order chi connectivity index (χ0) is 18.0. The SMILES string of the molecule is C[C@H]1Cc2ccccc2N1C(=O)COC(=O)c1ccc([N+](=O)[O-])cc1. The lowest BCUT2D eigenvalue weighted by Gasteiger charge is -2.22. The Morgan fingerprint density at radius 1 is 1.20 bits per heavy atom. The predicted molar refractivity (Wildman–Crippen MR) is 90.5 cm³/mol. The van der Waals surface area contributed by atoms with Gasteiger partial charge in [0.05, 0.1) is 10.5 Å². The topological polar surface area (TPSA) is 89.8 Å². The summed E-state index contributed by atoms with van der Waals surface area (Å²) < 4.78 is 5.07. The molecule has 0 spiro atoms. The molecular formula is C18H16N2O5. The van der Waals surface area contributed by atoms with Gasteiger partial charge in [0, 0.05) is 23.9 Å². The van der Waals surface area contributed by atoms with Crippen LogP contribution < -0.4 is 4.90 Å². The average molecular weight is 340 g/mol. The van der Waals surface area contributed by atoms with Gasteiger partial charge in [0.25, 0.3) is 11.6 Å². The Morgan fingerprint density at radius 2 is 1.88 bits per heavy atom. The van der Waals surface area contributed by atoms with Crippen LogP contribution in [0.15, 0.2) is 48.5 Å². The van der Waals surface area contributed by atoms with Crippen LogP contribution in [0.25, 0.3) is 0 Å². The van der Waals surface area contributed by atoms with Gasteiger partial charge < -0.3 is 9.64 Å². The van der Waals surface area contributed by atoms with E-state index in [-0.39, 0.29) is 29.8 Å². The number of benzene rings is 2. The molecular weight excluding hydrogens is 324 g/mol. The number of fused-ring (bicyclic) bond motifs is 1. The molecule has 0 bridgehead atoms. The van der Waals surface area contributed by atoms with E-state index < -0.39 is 10.9 Å². The monoisotopic (exact) mass is 340 g/mol. The third-order valence-corrected chi connectivity index (χ3v) is 4.12. The predicted octanol–water partition coefficient (Wildman–Crippen LogP) is 2.73. The van der Waals surface area contributed by atoms with E-state index in [1.807, 2.05) is 31.2 Å². The number of hydrogen-bond donors (Lipinski definition) is 0. The zero-order valence-electron chi connectivity index (χ0n) is 13.5. The molecule has 1 amide bonds. The molecule has 2 aromatic rings. The minimum atomic E-state index is -0.691. The number of nitro benzene ring substituents is 1. The number of para-hydroxylation sites is 1. The largest absolute Gasteiger partial charge is 0.452 e. The molecule has 1 aliphatic heterocycles. The Bertz CT molecular complexity index is 832. The molecule has 1 atom stereocenters. The van der Waals surface area contributed by atoms with Gasteiger partial charge in [-0.3, -0.25) is 14.9 Å². The second-order valence-corrected chi connectivity index (χ2v) is 5.83. The summed E-state index contributed by atoms with van der Waals surface area (Å²) in [6.45, 7) is 1.56. The second-order valence-electron chi connectivity index (χ2n) is 5.83. The van der Waals surface area contributed by atoms with Gasteiger partial charge in [0.2, 0.25) is 0 Å². The summed E-state index contributed by atoms with van der Waals surface area (Å²) in [4.78, 5) is 36.2. The average Bonchev–Trinajstić information content (AvgIpc) is 2.95. The maximum atomic E-state index is 12.5. The van der Waals surface area contributed by atoms with Crippen LogP contribution in [-0.4, -0.2) is 29.4 Å². The Balaban J connectivity index is 1.64. The molecule has 0 unspecified atom stereocenters. The van der Waals surface area contributed by atoms with Crippen molar-refractivity contribution in [2.45, 2.75) is 19.4 Å². The minimum Gasteiger partial charge on any atom is -0.452 e. The normalized spacial score (nSPS) is 15.6. The number of esters is 1. The zero-order valence-corrected chi connectivity index (χ0v) is 13.5. The number of amides is 1. The van der Waals surface area contributed by atoms with Crippen LogP contribution in [0.1, 0.15) is 22.8 Å². The molecule has 1 aliphatic rings. The van der Waals surface area contributed by atoms with E-state index in [9.17, 15) is 19.7 Å². The molecule has 0 saturated carbocycles. The molecule has 3 rings (SSSR count). The van der Waals surface area contributed by atoms with Gasteiger partial charge in [-0.1, -0.05) is 18.2 Å². The van der Waals surface area contributed by atoms with Gasteiger partial charge in [0.1, 0.15) is 0 Å². The van der Waals surface area contributed by atoms with Crippen molar-refractivity contribution in [3.63, 3.8) is 0 Å². The number of ether oxygens (including phenoxy) is 1. The molecule has 0 N–H and O–H groups in total. The molecule has 0 fully saturated rings. The fourth-order valence-electron chi connectivity index (χ4n) is 2.94. The lowest BCUT2D eigenvalue weighted by atomic mass is 10.1. The summed E-state index contributed by atoms with van der Waals surface area (Å²) >= 11 is 0. The number of carbonyl (C=O) groups excluding carboxylic acids is 2. The van der Waals surface area contributed by atoms with E-state index in [0.717, 1.165) is 17.7 Å². The maximum absolute atomic E-state index is 12.5. The molecule has 7 heteroatoms. The summed E-state index contributed by atoms with van der Waals surface area (Å²) in [5, 5.41) is 10.6. The van der Waals surface area contributed by atoms with Gasteiger partial charge in [-0.05, 0) is 37.1 Å². The first-order valence-electron chi connectivity index (χ1n) is 7.79. The summed E-state index contributed by atoms with van der Waals surface area (Å²) in [5.74, 6) is -0.990. The van der Waals surface area contributed by atoms with Crippen LogP contribution >= 0.6 is 0 Å². The molecule has 128 valence electrons. The number of anilines is 1. The highest BCUT2D eigenvalue weighted by atomic mass is 16.6. The van der Waals surface area contributed by atoms with E-state index in [2.05, 4.69) is 0 Å². The Labute approximate surface area is 144 Å². The maximum Gasteiger partial charge on any atom is 0.338 e. The molecule has 2 aromatic carbocycles. The van der Waals surface area contributed by atoms with E-state index >= 15 is 0 Å². The molecule has 0 saturated heterocycles. The van der Waals surface area contributed by atoms with Crippen LogP contribution in [0, 0.1) is 10.1 Å². The smallest absolute Gasteiger partial charge is 0.338 e. The number of non-ortho nitro benzene ring substituents is 1. The van der Waals surface area contributed by atoms with Gasteiger partial charge in [-0.15, -0.1) is 0 Å². The second kappa shape index (κ2) is 6.72. The lowest BCUT2D eigenvalue weighted by Crippen LogP contribution is -2.38. The third kappa shape index (κ3) is 3.35. The molecule has 0 radical (unpaired) electrons. The molecule has 0 aliphatic carbocycles. The van der Waals surface area contributed by atoms with Crippen LogP contribution in [0.4, 0.5) is 11.4 Å². The standard InChI is InChI=1S/C18H16N2O5/c1-12-10-14-4-2-3-5-16(14)19(12)17(21)11-25-18(22)13-6-8-15(9-7-13)20(23)24/h2-9,12H,10-11H2,1H3/t12-/m0/s1. The first-order chi connectivity index (χ1) is 12.0. The van der Waals surface area contributed by atoms with Crippen molar-refractivity contribution in [1.82, 2.24) is 0 Å². The molecule has 7 nitrogen and oxygen atoms in total. The van der Waals surface area contributed by atoms with Crippen molar-refractivity contribution in [3.8, 4) is 0 Å². The van der Waals surface area contributed by atoms with Crippen molar-refractivity contribution in [1.29, 1.82) is 0 Å². The van der Waals surface area contributed by atoms with Crippen LogP contribution in [0.5, 0.6) is 0 Å². The van der Waals surface area contributed by atoms with Crippen LogP contribution in [0.2, 0.25) is 0 Å². The summed E-state index contributed by atoms with van der Waals surface area (Å²) in [6.07, 6.45) is 0.762. The summed E-state index contributed by atoms with van der Waals surface area (Å²) in [7, 11) is 0. The highest BCUT2D eigenvalue weighted by Crippen LogP contribution is 2.31. The number of hydrogen-bond acceptors (Lipinski definition) is 5. The van der Waals surface area contributed by atoms with E-state index in [1.165, 1.54) is 24.3 Å². The number of carbonyl (C=O) groups is 2. The van der Waals surface area contributed by atoms with E-state index in [4.69, 9.17) is 4.74 Å². The number of nitrogens with zero attached hydrogens (tertiary/aromatic N) is 2. The van der Waals surface area contributed by atoms with Crippen molar-refractivity contribution >= 4 is 23.3 Å². The molecule has 25 heavy (non-hydrogen) atoms. The Hall–Kier alpha value is -3.22. The van der Waals surface area contributed by atoms with E-state index in [1.54, 1.807) is 4.90 Å². The fourth-order valence-corrected chi connectivity index (χ4v) is 2.94. The van der Waals surface area contributed by atoms with E-state index in [0.29, 0.717) is 0 Å². The highest BCUT2D eigenvalue weighted by Gasteiger charge is 2.31. The van der Waals surface area contributed by atoms with Crippen molar-refractivity contribution < 1.29 is 19.2 Å². The van der Waals surface area contributed by atoms with Gasteiger partial charge in [0.15, 0.2) is 6.61 Å². The summed E-state index contributed by atoms with van der Waals surface area (Å²) in [5.41, 5.74) is 1.97. The van der Waals surface area contributed by atoms with Gasteiger partial charge in [-0.2, -0.15) is 0 Å². The Kier molecular flexibility index (Phi) is 4.47. The number of rotatable bonds is 4. The fraction of sp³-hybridized carbons (Fsp3) is 0.222. The van der Waals surface area contributed by atoms with Crippen molar-refractivity contribution in [2.24, 2.45) is 0 Å². The first kappa shape index (κ1) is 16.6. The highest BCUT2D eigenvalue weighted by molar-refractivity contribution is 5.99. The molecule has 1 heterocycles.